The molecular weight excluding hydrogens is 186 g/mol. The fraction of sp³-hybridized carbons (Fsp3) is 0.750. The van der Waals surface area contributed by atoms with E-state index in [4.69, 9.17) is 0 Å². The number of aromatic amines is 1. The third-order valence-corrected chi connectivity index (χ3v) is 4.14. The van der Waals surface area contributed by atoms with E-state index in [0.29, 0.717) is 5.41 Å². The summed E-state index contributed by atoms with van der Waals surface area (Å²) < 4.78 is 0. The number of H-pyrrole nitrogens is 1. The average molecular weight is 205 g/mol. The highest BCUT2D eigenvalue weighted by Crippen LogP contribution is 2.56. The zero-order valence-electron chi connectivity index (χ0n) is 9.13. The molecule has 1 aromatic rings. The summed E-state index contributed by atoms with van der Waals surface area (Å²) in [5.41, 5.74) is 1.88. The monoisotopic (exact) mass is 205 g/mol. The molecule has 0 saturated heterocycles. The molecule has 3 nitrogen and oxygen atoms in total. The second kappa shape index (κ2) is 3.63. The van der Waals surface area contributed by atoms with E-state index in [-0.39, 0.29) is 0 Å². The fourth-order valence-corrected chi connectivity index (χ4v) is 2.88. The minimum Gasteiger partial charge on any atom is -0.347 e. The van der Waals surface area contributed by atoms with E-state index in [9.17, 15) is 0 Å². The molecule has 82 valence electrons. The highest BCUT2D eigenvalue weighted by atomic mass is 14.9. The smallest absolute Gasteiger partial charge is 0.0922 e. The van der Waals surface area contributed by atoms with E-state index >= 15 is 0 Å². The van der Waals surface area contributed by atoms with Gasteiger partial charge in [-0.2, -0.15) is 0 Å². The molecule has 0 aliphatic heterocycles. The third kappa shape index (κ3) is 1.81. The van der Waals surface area contributed by atoms with Gasteiger partial charge in [-0.3, -0.25) is 0 Å². The van der Waals surface area contributed by atoms with Gasteiger partial charge in [-0.15, -0.1) is 0 Å². The van der Waals surface area contributed by atoms with Gasteiger partial charge in [-0.25, -0.2) is 4.98 Å². The van der Waals surface area contributed by atoms with Crippen LogP contribution in [-0.4, -0.2) is 16.5 Å². The van der Waals surface area contributed by atoms with E-state index in [2.05, 4.69) is 15.3 Å². The molecule has 2 fully saturated rings. The Kier molecular flexibility index (Phi) is 2.28. The normalized spacial score (nSPS) is 23.7. The van der Waals surface area contributed by atoms with Crippen LogP contribution in [0, 0.1) is 11.3 Å². The lowest BCUT2D eigenvalue weighted by molar-refractivity contribution is 0.0986. The van der Waals surface area contributed by atoms with Crippen molar-refractivity contribution >= 4 is 0 Å². The Morgan fingerprint density at radius 3 is 2.87 bits per heavy atom. The van der Waals surface area contributed by atoms with Crippen LogP contribution in [0.5, 0.6) is 0 Å². The maximum Gasteiger partial charge on any atom is 0.0922 e. The molecule has 0 atom stereocenters. The van der Waals surface area contributed by atoms with Gasteiger partial charge in [0.2, 0.25) is 0 Å². The molecule has 0 aromatic carbocycles. The Hall–Kier alpha value is -0.830. The Morgan fingerprint density at radius 1 is 1.47 bits per heavy atom. The average Bonchev–Trinajstić information content (AvgIpc) is 2.89. The second-order valence-corrected chi connectivity index (χ2v) is 5.17. The van der Waals surface area contributed by atoms with Crippen molar-refractivity contribution < 1.29 is 0 Å². The Bertz CT molecular complexity index is 310. The summed E-state index contributed by atoms with van der Waals surface area (Å²) >= 11 is 0. The molecule has 0 spiro atoms. The molecule has 15 heavy (non-hydrogen) atoms. The van der Waals surface area contributed by atoms with Gasteiger partial charge in [0.15, 0.2) is 0 Å². The van der Waals surface area contributed by atoms with Crippen LogP contribution < -0.4 is 5.32 Å². The van der Waals surface area contributed by atoms with Crippen LogP contribution in [0.25, 0.3) is 0 Å². The number of hydrogen-bond donors (Lipinski definition) is 2. The molecule has 3 heteroatoms. The Labute approximate surface area is 90.7 Å². The van der Waals surface area contributed by atoms with E-state index in [1.807, 2.05) is 6.20 Å². The van der Waals surface area contributed by atoms with Crippen molar-refractivity contribution in [3.05, 3.63) is 18.2 Å². The third-order valence-electron chi connectivity index (χ3n) is 4.14. The van der Waals surface area contributed by atoms with Gasteiger partial charge in [-0.05, 0) is 37.0 Å². The topological polar surface area (TPSA) is 40.7 Å². The molecule has 2 N–H and O–H groups in total. The van der Waals surface area contributed by atoms with Gasteiger partial charge in [0.05, 0.1) is 6.33 Å². The SMILES string of the molecule is c1ncc(CNCC2(C3CC3)CCC2)[nH]1. The molecule has 2 aliphatic carbocycles. The van der Waals surface area contributed by atoms with Crippen molar-refractivity contribution in [2.75, 3.05) is 6.54 Å². The second-order valence-electron chi connectivity index (χ2n) is 5.17. The molecule has 0 radical (unpaired) electrons. The summed E-state index contributed by atoms with van der Waals surface area (Å²) in [7, 11) is 0. The lowest BCUT2D eigenvalue weighted by Crippen LogP contribution is -2.41. The number of hydrogen-bond acceptors (Lipinski definition) is 2. The van der Waals surface area contributed by atoms with E-state index in [1.54, 1.807) is 6.33 Å². The first kappa shape index (κ1) is 9.40. The molecule has 0 bridgehead atoms. The van der Waals surface area contributed by atoms with Gasteiger partial charge >= 0.3 is 0 Å². The van der Waals surface area contributed by atoms with Gasteiger partial charge in [0.1, 0.15) is 0 Å². The van der Waals surface area contributed by atoms with Crippen LogP contribution in [0.1, 0.15) is 37.8 Å². The maximum atomic E-state index is 4.02. The summed E-state index contributed by atoms with van der Waals surface area (Å²) in [5.74, 6) is 1.04. The van der Waals surface area contributed by atoms with E-state index < -0.39 is 0 Å². The molecule has 2 saturated carbocycles. The number of aromatic nitrogens is 2. The van der Waals surface area contributed by atoms with E-state index in [0.717, 1.165) is 12.5 Å². The van der Waals surface area contributed by atoms with Crippen molar-refractivity contribution in [2.24, 2.45) is 11.3 Å². The lowest BCUT2D eigenvalue weighted by Gasteiger charge is -2.42. The molecular formula is C12H19N3. The summed E-state index contributed by atoms with van der Waals surface area (Å²) in [6.45, 7) is 2.14. The van der Waals surface area contributed by atoms with Gasteiger partial charge in [0, 0.05) is 25.0 Å². The molecule has 2 aliphatic rings. The zero-order valence-corrected chi connectivity index (χ0v) is 9.13. The van der Waals surface area contributed by atoms with Gasteiger partial charge in [0.25, 0.3) is 0 Å². The van der Waals surface area contributed by atoms with Crippen molar-refractivity contribution in [2.45, 2.75) is 38.6 Å². The van der Waals surface area contributed by atoms with Crippen molar-refractivity contribution in [3.8, 4) is 0 Å². The minimum atomic E-state index is 0.681. The Morgan fingerprint density at radius 2 is 2.33 bits per heavy atom. The number of nitrogens with zero attached hydrogens (tertiary/aromatic N) is 1. The standard InChI is InChI=1S/C12H19N3/c1-4-12(5-1,10-2-3-10)8-13-6-11-7-14-9-15-11/h7,9-10,13H,1-6,8H2,(H,14,15). The van der Waals surface area contributed by atoms with Crippen molar-refractivity contribution in [1.29, 1.82) is 0 Å². The van der Waals surface area contributed by atoms with Crippen LogP contribution in [-0.2, 0) is 6.54 Å². The minimum absolute atomic E-state index is 0.681. The molecule has 1 heterocycles. The number of imidazole rings is 1. The summed E-state index contributed by atoms with van der Waals surface area (Å²) in [6, 6.07) is 0. The highest BCUT2D eigenvalue weighted by molar-refractivity contribution is 5.01. The summed E-state index contributed by atoms with van der Waals surface area (Å²) in [6.07, 6.45) is 11.0. The van der Waals surface area contributed by atoms with Gasteiger partial charge < -0.3 is 10.3 Å². The van der Waals surface area contributed by atoms with Crippen LogP contribution in [0.4, 0.5) is 0 Å². The molecule has 3 rings (SSSR count). The first-order valence-corrected chi connectivity index (χ1v) is 6.07. The first-order valence-electron chi connectivity index (χ1n) is 6.07. The summed E-state index contributed by atoms with van der Waals surface area (Å²) in [5, 5.41) is 3.58. The van der Waals surface area contributed by atoms with E-state index in [1.165, 1.54) is 44.3 Å². The van der Waals surface area contributed by atoms with Crippen LogP contribution in [0.3, 0.4) is 0 Å². The fourth-order valence-electron chi connectivity index (χ4n) is 2.88. The maximum absolute atomic E-state index is 4.02. The van der Waals surface area contributed by atoms with Gasteiger partial charge in [-0.1, -0.05) is 6.42 Å². The van der Waals surface area contributed by atoms with Crippen LogP contribution in [0.15, 0.2) is 12.5 Å². The zero-order chi connectivity index (χ0) is 10.1. The first-order chi connectivity index (χ1) is 7.39. The predicted molar refractivity (Wildman–Crippen MR) is 59.3 cm³/mol. The molecule has 1 aromatic heterocycles. The molecule has 0 unspecified atom stereocenters. The Balaban J connectivity index is 1.48. The number of rotatable bonds is 5. The quantitative estimate of drug-likeness (QED) is 0.772. The number of nitrogens with one attached hydrogen (secondary N) is 2. The van der Waals surface area contributed by atoms with Crippen LogP contribution in [0.2, 0.25) is 0 Å². The molecule has 0 amide bonds. The lowest BCUT2D eigenvalue weighted by atomic mass is 9.65. The van der Waals surface area contributed by atoms with Crippen molar-refractivity contribution in [3.63, 3.8) is 0 Å². The predicted octanol–water partition coefficient (Wildman–Crippen LogP) is 2.08. The summed E-state index contributed by atoms with van der Waals surface area (Å²) in [4.78, 5) is 7.15. The highest BCUT2D eigenvalue weighted by Gasteiger charge is 2.48. The van der Waals surface area contributed by atoms with Crippen LogP contribution >= 0.6 is 0 Å². The van der Waals surface area contributed by atoms with Crippen molar-refractivity contribution in [1.82, 2.24) is 15.3 Å². The largest absolute Gasteiger partial charge is 0.347 e.